The summed E-state index contributed by atoms with van der Waals surface area (Å²) in [6.07, 6.45) is 0. The van der Waals surface area contributed by atoms with E-state index in [9.17, 15) is 4.39 Å². The molecule has 0 saturated heterocycles. The predicted octanol–water partition coefficient (Wildman–Crippen LogP) is 2.26. The summed E-state index contributed by atoms with van der Waals surface area (Å²) in [6, 6.07) is 6.44. The summed E-state index contributed by atoms with van der Waals surface area (Å²) in [5.41, 5.74) is 3.55. The van der Waals surface area contributed by atoms with Gasteiger partial charge in [-0.05, 0) is 25.5 Å². The van der Waals surface area contributed by atoms with Crippen LogP contribution in [0.2, 0.25) is 0 Å². The van der Waals surface area contributed by atoms with Crippen molar-refractivity contribution in [3.63, 3.8) is 0 Å². The van der Waals surface area contributed by atoms with Crippen LogP contribution in [0, 0.1) is 42.3 Å². The fraction of sp³-hybridized carbons (Fsp3) is 0.182. The van der Waals surface area contributed by atoms with Crippen molar-refractivity contribution in [1.82, 2.24) is 0 Å². The van der Waals surface area contributed by atoms with E-state index in [0.29, 0.717) is 16.8 Å². The number of rotatable bonds is 2. The summed E-state index contributed by atoms with van der Waals surface area (Å²) >= 11 is 0. The lowest BCUT2D eigenvalue weighted by atomic mass is 10.1. The highest BCUT2D eigenvalue weighted by Gasteiger charge is 2.06. The van der Waals surface area contributed by atoms with Crippen LogP contribution in [0.4, 0.5) is 10.1 Å². The molecule has 1 N–H and O–H groups in total. The first-order chi connectivity index (χ1) is 7.60. The number of halogens is 1. The van der Waals surface area contributed by atoms with Gasteiger partial charge in [-0.25, -0.2) is 4.39 Å². The molecule has 1 aromatic carbocycles. The molecule has 0 bridgehead atoms. The number of benzene rings is 1. The van der Waals surface area contributed by atoms with E-state index < -0.39 is 0 Å². The number of nitrogens with zero attached hydrogens (tertiary/aromatic N) is 3. The Labute approximate surface area is 92.6 Å². The minimum Gasteiger partial charge on any atom is -0.276 e. The zero-order valence-electron chi connectivity index (χ0n) is 8.87. The van der Waals surface area contributed by atoms with Crippen molar-refractivity contribution in [2.75, 3.05) is 5.43 Å². The van der Waals surface area contributed by atoms with Gasteiger partial charge in [0.05, 0.1) is 5.69 Å². The maximum absolute atomic E-state index is 13.5. The standard InChI is InChI=1S/C11H9FN4/c1-7-3-4-10(8(2)11(7)12)16-15-9(5-13)6-14/h3-4,16H,1-2H3. The molecule has 0 amide bonds. The van der Waals surface area contributed by atoms with Gasteiger partial charge < -0.3 is 0 Å². The van der Waals surface area contributed by atoms with E-state index in [0.717, 1.165) is 0 Å². The Morgan fingerprint density at radius 3 is 2.50 bits per heavy atom. The molecule has 0 aromatic heterocycles. The molecule has 0 aliphatic rings. The van der Waals surface area contributed by atoms with E-state index in [1.165, 1.54) is 0 Å². The Balaban J connectivity index is 3.02. The first-order valence-corrected chi connectivity index (χ1v) is 4.49. The average molecular weight is 216 g/mol. The van der Waals surface area contributed by atoms with Gasteiger partial charge in [0.15, 0.2) is 0 Å². The summed E-state index contributed by atoms with van der Waals surface area (Å²) in [5, 5.41) is 20.4. The van der Waals surface area contributed by atoms with Gasteiger partial charge in [0.25, 0.3) is 0 Å². The first kappa shape index (κ1) is 11.7. The van der Waals surface area contributed by atoms with Crippen LogP contribution >= 0.6 is 0 Å². The van der Waals surface area contributed by atoms with Gasteiger partial charge >= 0.3 is 0 Å². The number of nitrogens with one attached hydrogen (secondary N) is 1. The maximum atomic E-state index is 13.5. The molecule has 16 heavy (non-hydrogen) atoms. The van der Waals surface area contributed by atoms with Gasteiger partial charge in [0.1, 0.15) is 18.0 Å². The van der Waals surface area contributed by atoms with Crippen molar-refractivity contribution in [1.29, 1.82) is 10.5 Å². The van der Waals surface area contributed by atoms with Crippen LogP contribution in [0.1, 0.15) is 11.1 Å². The lowest BCUT2D eigenvalue weighted by molar-refractivity contribution is 0.610. The van der Waals surface area contributed by atoms with E-state index in [-0.39, 0.29) is 11.5 Å². The molecule has 0 radical (unpaired) electrons. The van der Waals surface area contributed by atoms with Crippen molar-refractivity contribution in [3.05, 3.63) is 29.1 Å². The van der Waals surface area contributed by atoms with Crippen molar-refractivity contribution in [2.45, 2.75) is 13.8 Å². The van der Waals surface area contributed by atoms with E-state index in [1.54, 1.807) is 38.1 Å². The molecular formula is C11H9FN4. The Bertz CT molecular complexity index is 504. The molecule has 0 unspecified atom stereocenters. The van der Waals surface area contributed by atoms with Crippen molar-refractivity contribution in [2.24, 2.45) is 5.10 Å². The SMILES string of the molecule is Cc1ccc(NN=C(C#N)C#N)c(C)c1F. The van der Waals surface area contributed by atoms with Gasteiger partial charge in [-0.2, -0.15) is 15.6 Å². The Morgan fingerprint density at radius 2 is 1.94 bits per heavy atom. The lowest BCUT2D eigenvalue weighted by Gasteiger charge is -2.07. The number of aryl methyl sites for hydroxylation is 1. The number of anilines is 1. The highest BCUT2D eigenvalue weighted by molar-refractivity contribution is 6.10. The zero-order chi connectivity index (χ0) is 12.1. The number of hydrazone groups is 1. The predicted molar refractivity (Wildman–Crippen MR) is 58.2 cm³/mol. The van der Waals surface area contributed by atoms with Gasteiger partial charge in [-0.1, -0.05) is 6.07 Å². The first-order valence-electron chi connectivity index (χ1n) is 4.49. The monoisotopic (exact) mass is 216 g/mol. The molecule has 0 saturated carbocycles. The molecule has 5 heteroatoms. The molecule has 0 aliphatic carbocycles. The van der Waals surface area contributed by atoms with Crippen LogP contribution in [-0.4, -0.2) is 5.71 Å². The van der Waals surface area contributed by atoms with E-state index in [2.05, 4.69) is 10.5 Å². The molecule has 0 fully saturated rings. The number of nitriles is 2. The summed E-state index contributed by atoms with van der Waals surface area (Å²) in [5.74, 6) is -0.323. The van der Waals surface area contributed by atoms with Crippen LogP contribution in [-0.2, 0) is 0 Å². The second kappa shape index (κ2) is 4.90. The average Bonchev–Trinajstić information content (AvgIpc) is 2.30. The molecule has 0 spiro atoms. The molecule has 1 rings (SSSR count). The van der Waals surface area contributed by atoms with Crippen molar-refractivity contribution < 1.29 is 4.39 Å². The fourth-order valence-corrected chi connectivity index (χ4v) is 1.13. The number of hydrogen-bond acceptors (Lipinski definition) is 4. The molecular weight excluding hydrogens is 207 g/mol. The minimum absolute atomic E-state index is 0.305. The zero-order valence-corrected chi connectivity index (χ0v) is 8.87. The van der Waals surface area contributed by atoms with Crippen molar-refractivity contribution in [3.8, 4) is 12.1 Å². The van der Waals surface area contributed by atoms with Gasteiger partial charge in [-0.3, -0.25) is 5.43 Å². The van der Waals surface area contributed by atoms with E-state index >= 15 is 0 Å². The van der Waals surface area contributed by atoms with Crippen LogP contribution in [0.15, 0.2) is 17.2 Å². The third-order valence-corrected chi connectivity index (χ3v) is 2.08. The fourth-order valence-electron chi connectivity index (χ4n) is 1.13. The minimum atomic E-state index is -0.323. The molecule has 0 heterocycles. The van der Waals surface area contributed by atoms with Gasteiger partial charge in [0, 0.05) is 5.56 Å². The van der Waals surface area contributed by atoms with Crippen LogP contribution < -0.4 is 5.43 Å². The molecule has 4 nitrogen and oxygen atoms in total. The molecule has 0 aliphatic heterocycles. The Morgan fingerprint density at radius 1 is 1.31 bits per heavy atom. The number of hydrogen-bond donors (Lipinski definition) is 1. The smallest absolute Gasteiger partial charge is 0.237 e. The van der Waals surface area contributed by atoms with Crippen molar-refractivity contribution >= 4 is 11.4 Å². The lowest BCUT2D eigenvalue weighted by Crippen LogP contribution is -2.00. The highest BCUT2D eigenvalue weighted by atomic mass is 19.1. The molecule has 1 aromatic rings. The van der Waals surface area contributed by atoms with Gasteiger partial charge in [-0.15, -0.1) is 0 Å². The van der Waals surface area contributed by atoms with Crippen LogP contribution in [0.25, 0.3) is 0 Å². The molecule has 80 valence electrons. The second-order valence-corrected chi connectivity index (χ2v) is 3.16. The second-order valence-electron chi connectivity index (χ2n) is 3.16. The quantitative estimate of drug-likeness (QED) is 0.608. The summed E-state index contributed by atoms with van der Waals surface area (Å²) < 4.78 is 13.5. The Hall–Kier alpha value is -2.40. The van der Waals surface area contributed by atoms with Crippen LogP contribution in [0.5, 0.6) is 0 Å². The van der Waals surface area contributed by atoms with Crippen LogP contribution in [0.3, 0.4) is 0 Å². The summed E-state index contributed by atoms with van der Waals surface area (Å²) in [6.45, 7) is 3.25. The van der Waals surface area contributed by atoms with E-state index in [1.807, 2.05) is 0 Å². The third kappa shape index (κ3) is 2.34. The summed E-state index contributed by atoms with van der Waals surface area (Å²) in [4.78, 5) is 0. The normalized spacial score (nSPS) is 8.81. The van der Waals surface area contributed by atoms with Gasteiger partial charge in [0.2, 0.25) is 5.71 Å². The Kier molecular flexibility index (Phi) is 3.58. The maximum Gasteiger partial charge on any atom is 0.237 e. The highest BCUT2D eigenvalue weighted by Crippen LogP contribution is 2.20. The molecule has 0 atom stereocenters. The summed E-state index contributed by atoms with van der Waals surface area (Å²) in [7, 11) is 0. The largest absolute Gasteiger partial charge is 0.276 e. The topological polar surface area (TPSA) is 72.0 Å². The van der Waals surface area contributed by atoms with E-state index in [4.69, 9.17) is 10.5 Å². The third-order valence-electron chi connectivity index (χ3n) is 2.08.